The molecule has 0 unspecified atom stereocenters. The molecule has 0 amide bonds. The van der Waals surface area contributed by atoms with Crippen LogP contribution in [0.4, 0.5) is 13.2 Å². The quantitative estimate of drug-likeness (QED) is 0.754. The first kappa shape index (κ1) is 16.5. The van der Waals surface area contributed by atoms with Crippen molar-refractivity contribution < 1.29 is 13.2 Å². The normalized spacial score (nSPS) is 13.7. The predicted molar refractivity (Wildman–Crippen MR) is 92.6 cm³/mol. The monoisotopic (exact) mass is 353 g/mol. The molecule has 2 heterocycles. The van der Waals surface area contributed by atoms with Crippen molar-refractivity contribution in [2.24, 2.45) is 0 Å². The van der Waals surface area contributed by atoms with E-state index in [1.807, 2.05) is 0 Å². The number of nitrogens with one attached hydrogen (secondary N) is 1. The second-order valence-corrected chi connectivity index (χ2v) is 5.93. The van der Waals surface area contributed by atoms with Crippen LogP contribution in [0.25, 0.3) is 16.8 Å². The fourth-order valence-corrected chi connectivity index (χ4v) is 3.13. The lowest BCUT2D eigenvalue weighted by molar-refractivity contribution is 0.596. The van der Waals surface area contributed by atoms with Crippen LogP contribution in [0.5, 0.6) is 0 Å². The Hall–Kier alpha value is -2.99. The van der Waals surface area contributed by atoms with E-state index in [1.165, 1.54) is 6.20 Å². The maximum Gasteiger partial charge on any atom is 0.137 e. The van der Waals surface area contributed by atoms with Crippen LogP contribution >= 0.6 is 0 Å². The Morgan fingerprint density at radius 3 is 2.58 bits per heavy atom. The molecule has 1 aliphatic heterocycles. The lowest BCUT2D eigenvalue weighted by Gasteiger charge is -2.15. The zero-order chi connectivity index (χ0) is 18.1. The van der Waals surface area contributed by atoms with Gasteiger partial charge in [-0.2, -0.15) is 10.2 Å². The van der Waals surface area contributed by atoms with Crippen LogP contribution in [0.2, 0.25) is 0 Å². The zero-order valence-corrected chi connectivity index (χ0v) is 13.6. The van der Waals surface area contributed by atoms with Gasteiger partial charge < -0.3 is 5.32 Å². The highest BCUT2D eigenvalue weighted by Crippen LogP contribution is 2.34. The van der Waals surface area contributed by atoms with Crippen LogP contribution in [-0.4, -0.2) is 16.7 Å². The van der Waals surface area contributed by atoms with E-state index < -0.39 is 17.5 Å². The molecule has 1 aliphatic rings. The zero-order valence-electron chi connectivity index (χ0n) is 13.6. The number of benzene rings is 2. The third-order valence-corrected chi connectivity index (χ3v) is 4.35. The summed E-state index contributed by atoms with van der Waals surface area (Å²) in [4.78, 5) is 0. The minimum Gasteiger partial charge on any atom is -0.309 e. The van der Waals surface area contributed by atoms with Gasteiger partial charge in [0.2, 0.25) is 0 Å². The van der Waals surface area contributed by atoms with Crippen molar-refractivity contribution in [3.63, 3.8) is 0 Å². The van der Waals surface area contributed by atoms with Crippen LogP contribution in [-0.2, 0) is 6.54 Å². The molecule has 0 radical (unpaired) electrons. The smallest absolute Gasteiger partial charge is 0.137 e. The molecule has 3 aromatic rings. The summed E-state index contributed by atoms with van der Waals surface area (Å²) in [6, 6.07) is 9.93. The van der Waals surface area contributed by atoms with Gasteiger partial charge in [-0.1, -0.05) is 12.1 Å². The van der Waals surface area contributed by atoms with Crippen molar-refractivity contribution in [3.05, 3.63) is 88.9 Å². The first-order valence-electron chi connectivity index (χ1n) is 8.11. The number of hydrogen-bond donors (Lipinski definition) is 1. The van der Waals surface area contributed by atoms with Crippen molar-refractivity contribution in [1.82, 2.24) is 15.5 Å². The van der Waals surface area contributed by atoms with Gasteiger partial charge in [-0.3, -0.25) is 0 Å². The van der Waals surface area contributed by atoms with E-state index in [1.54, 1.807) is 30.3 Å². The summed E-state index contributed by atoms with van der Waals surface area (Å²) in [5.74, 6) is -1.54. The van der Waals surface area contributed by atoms with Gasteiger partial charge in [0.15, 0.2) is 0 Å². The Bertz CT molecular complexity index is 1000. The first-order chi connectivity index (χ1) is 12.6. The molecule has 6 heteroatoms. The van der Waals surface area contributed by atoms with Crippen LogP contribution in [0.1, 0.15) is 16.7 Å². The van der Waals surface area contributed by atoms with E-state index >= 15 is 4.39 Å². The maximum absolute atomic E-state index is 15.2. The van der Waals surface area contributed by atoms with E-state index in [2.05, 4.69) is 15.5 Å². The van der Waals surface area contributed by atoms with Gasteiger partial charge in [0.05, 0.1) is 5.69 Å². The molecule has 130 valence electrons. The number of rotatable bonds is 2. The van der Waals surface area contributed by atoms with E-state index in [-0.39, 0.29) is 12.1 Å². The largest absolute Gasteiger partial charge is 0.309 e. The van der Waals surface area contributed by atoms with E-state index in [4.69, 9.17) is 0 Å². The lowest BCUT2D eigenvalue weighted by Crippen LogP contribution is -2.13. The van der Waals surface area contributed by atoms with Gasteiger partial charge in [0.1, 0.15) is 17.5 Å². The molecule has 0 bridgehead atoms. The van der Waals surface area contributed by atoms with Gasteiger partial charge in [-0.25, -0.2) is 13.2 Å². The summed E-state index contributed by atoms with van der Waals surface area (Å²) in [5, 5.41) is 10.8. The number of nitrogens with zero attached hydrogens (tertiary/aromatic N) is 2. The van der Waals surface area contributed by atoms with Crippen LogP contribution in [0.15, 0.2) is 54.7 Å². The molecule has 0 saturated heterocycles. The number of hydrogen-bond acceptors (Lipinski definition) is 3. The first-order valence-corrected chi connectivity index (χ1v) is 8.11. The fourth-order valence-electron chi connectivity index (χ4n) is 3.13. The minimum absolute atomic E-state index is 0.113. The van der Waals surface area contributed by atoms with E-state index in [9.17, 15) is 8.78 Å². The SMILES string of the molecule is Fc1ccc(F)c(C2=CCNCc3c2ccc(-c2cccnn2)c3F)c1. The lowest BCUT2D eigenvalue weighted by atomic mass is 9.91. The molecule has 1 N–H and O–H groups in total. The third kappa shape index (κ3) is 2.88. The molecule has 3 nitrogen and oxygen atoms in total. The number of halogens is 3. The van der Waals surface area contributed by atoms with E-state index in [0.717, 1.165) is 18.2 Å². The molecule has 0 saturated carbocycles. The number of fused-ring (bicyclic) bond motifs is 1. The molecule has 2 aromatic carbocycles. The Balaban J connectivity index is 1.89. The minimum atomic E-state index is -0.552. The van der Waals surface area contributed by atoms with Crippen LogP contribution in [0, 0.1) is 17.5 Å². The summed E-state index contributed by atoms with van der Waals surface area (Å²) in [7, 11) is 0. The second kappa shape index (κ2) is 6.72. The number of aromatic nitrogens is 2. The maximum atomic E-state index is 15.2. The highest BCUT2D eigenvalue weighted by molar-refractivity contribution is 5.83. The van der Waals surface area contributed by atoms with Crippen LogP contribution < -0.4 is 5.32 Å². The molecule has 0 aliphatic carbocycles. The Morgan fingerprint density at radius 2 is 1.77 bits per heavy atom. The Kier molecular flexibility index (Phi) is 4.26. The Morgan fingerprint density at radius 1 is 0.923 bits per heavy atom. The average molecular weight is 353 g/mol. The van der Waals surface area contributed by atoms with Crippen molar-refractivity contribution in [2.75, 3.05) is 6.54 Å². The highest BCUT2D eigenvalue weighted by Gasteiger charge is 2.22. The van der Waals surface area contributed by atoms with Gasteiger partial charge in [-0.05, 0) is 47.5 Å². The molecular weight excluding hydrogens is 339 g/mol. The standard InChI is InChI=1S/C20H14F3N3/c21-12-3-6-18(22)16(10-12)14-7-9-24-11-17-13(14)4-5-15(20(17)23)19-2-1-8-25-26-19/h1-8,10,24H,9,11H2. The summed E-state index contributed by atoms with van der Waals surface area (Å²) in [6.07, 6.45) is 3.26. The third-order valence-electron chi connectivity index (χ3n) is 4.35. The van der Waals surface area contributed by atoms with Gasteiger partial charge in [0, 0.05) is 36.0 Å². The fraction of sp³-hybridized carbons (Fsp3) is 0.100. The summed E-state index contributed by atoms with van der Waals surface area (Å²) >= 11 is 0. The van der Waals surface area contributed by atoms with Crippen molar-refractivity contribution in [1.29, 1.82) is 0 Å². The highest BCUT2D eigenvalue weighted by atomic mass is 19.1. The molecule has 26 heavy (non-hydrogen) atoms. The van der Waals surface area contributed by atoms with Crippen LogP contribution in [0.3, 0.4) is 0 Å². The summed E-state index contributed by atoms with van der Waals surface area (Å²) < 4.78 is 43.1. The molecule has 0 fully saturated rings. The second-order valence-electron chi connectivity index (χ2n) is 5.93. The molecule has 1 aromatic heterocycles. The van der Waals surface area contributed by atoms with E-state index in [0.29, 0.717) is 34.5 Å². The van der Waals surface area contributed by atoms with Crippen molar-refractivity contribution >= 4 is 5.57 Å². The molecule has 4 rings (SSSR count). The summed E-state index contributed by atoms with van der Waals surface area (Å²) in [6.45, 7) is 0.687. The van der Waals surface area contributed by atoms with Crippen molar-refractivity contribution in [2.45, 2.75) is 6.54 Å². The van der Waals surface area contributed by atoms with Gasteiger partial charge in [0.25, 0.3) is 0 Å². The molecular formula is C20H14F3N3. The molecule has 0 atom stereocenters. The summed E-state index contributed by atoms with van der Waals surface area (Å²) in [5.41, 5.74) is 2.23. The predicted octanol–water partition coefficient (Wildman–Crippen LogP) is 4.10. The Labute approximate surface area is 148 Å². The van der Waals surface area contributed by atoms with Gasteiger partial charge >= 0.3 is 0 Å². The molecule has 0 spiro atoms. The van der Waals surface area contributed by atoms with Gasteiger partial charge in [-0.15, -0.1) is 0 Å². The average Bonchev–Trinajstić information content (AvgIpc) is 2.88. The van der Waals surface area contributed by atoms with Crippen molar-refractivity contribution in [3.8, 4) is 11.3 Å². The topological polar surface area (TPSA) is 37.8 Å².